The molecule has 0 saturated carbocycles. The van der Waals surface area contributed by atoms with Crippen LogP contribution in [0, 0.1) is 17.0 Å². The second-order valence-corrected chi connectivity index (χ2v) is 9.84. The fourth-order valence-electron chi connectivity index (χ4n) is 2.78. The van der Waals surface area contributed by atoms with Crippen molar-refractivity contribution in [1.82, 2.24) is 0 Å². The minimum Gasteiger partial charge on any atom is -0.477 e. The predicted octanol–water partition coefficient (Wildman–Crippen LogP) is 4.82. The molecule has 3 rings (SSSR count). The van der Waals surface area contributed by atoms with E-state index in [-0.39, 0.29) is 32.2 Å². The van der Waals surface area contributed by atoms with Gasteiger partial charge in [-0.15, -0.1) is 11.3 Å². The first-order chi connectivity index (χ1) is 14.1. The van der Waals surface area contributed by atoms with Crippen LogP contribution >= 0.6 is 27.3 Å². The topological polar surface area (TPSA) is 118 Å². The molecular weight excluding hydrogens is 496 g/mol. The summed E-state index contributed by atoms with van der Waals surface area (Å²) in [7, 11) is -4.16. The van der Waals surface area contributed by atoms with Crippen LogP contribution < -0.4 is 4.31 Å². The van der Waals surface area contributed by atoms with E-state index in [1.54, 1.807) is 18.2 Å². The maximum absolute atomic E-state index is 13.4. The Bertz CT molecular complexity index is 1220. The van der Waals surface area contributed by atoms with Crippen molar-refractivity contribution in [1.29, 1.82) is 0 Å². The second-order valence-electron chi connectivity index (χ2n) is 6.27. The number of halogens is 1. The molecule has 30 heavy (non-hydrogen) atoms. The van der Waals surface area contributed by atoms with Gasteiger partial charge in [0.1, 0.15) is 9.35 Å². The molecule has 0 aliphatic rings. The molecule has 1 N–H and O–H groups in total. The lowest BCUT2D eigenvalue weighted by Gasteiger charge is -2.25. The molecule has 0 saturated heterocycles. The van der Waals surface area contributed by atoms with Crippen molar-refractivity contribution in [2.75, 3.05) is 4.31 Å². The lowest BCUT2D eigenvalue weighted by molar-refractivity contribution is -0.385. The molecule has 0 aliphatic heterocycles. The van der Waals surface area contributed by atoms with Crippen LogP contribution in [0.4, 0.5) is 11.4 Å². The first kappa shape index (κ1) is 21.9. The Balaban J connectivity index is 2.18. The number of nitro groups is 1. The lowest BCUT2D eigenvalue weighted by Crippen LogP contribution is -2.31. The number of anilines is 1. The Morgan fingerprint density at radius 3 is 2.47 bits per heavy atom. The quantitative estimate of drug-likeness (QED) is 0.359. The van der Waals surface area contributed by atoms with Gasteiger partial charge in [-0.25, -0.2) is 13.2 Å². The SMILES string of the molecule is Cc1ccc(S(=O)(=O)N(Cc2cccc([N+](=O)[O-])c2Br)c2ccsc2C(=O)O)cc1. The summed E-state index contributed by atoms with van der Waals surface area (Å²) in [6, 6.07) is 11.8. The van der Waals surface area contributed by atoms with Gasteiger partial charge < -0.3 is 5.11 Å². The number of nitrogens with zero attached hydrogens (tertiary/aromatic N) is 2. The number of nitro benzene ring substituents is 1. The van der Waals surface area contributed by atoms with Gasteiger partial charge in [-0.1, -0.05) is 29.8 Å². The zero-order chi connectivity index (χ0) is 22.1. The highest BCUT2D eigenvalue weighted by Gasteiger charge is 2.31. The van der Waals surface area contributed by atoms with Gasteiger partial charge in [0, 0.05) is 6.07 Å². The molecule has 156 valence electrons. The molecule has 1 aromatic heterocycles. The molecule has 0 fully saturated rings. The minimum absolute atomic E-state index is 0.00789. The number of rotatable bonds is 7. The predicted molar refractivity (Wildman–Crippen MR) is 117 cm³/mol. The average Bonchev–Trinajstić information content (AvgIpc) is 3.16. The molecule has 0 spiro atoms. The van der Waals surface area contributed by atoms with Gasteiger partial charge in [0.15, 0.2) is 0 Å². The number of aromatic carboxylic acids is 1. The van der Waals surface area contributed by atoms with Gasteiger partial charge in [-0.2, -0.15) is 0 Å². The Labute approximate surface area is 184 Å². The number of carboxylic acid groups (broad SMARTS) is 1. The maximum atomic E-state index is 13.4. The van der Waals surface area contributed by atoms with Crippen molar-refractivity contribution in [2.45, 2.75) is 18.4 Å². The summed E-state index contributed by atoms with van der Waals surface area (Å²) >= 11 is 4.07. The summed E-state index contributed by atoms with van der Waals surface area (Å²) in [6.45, 7) is 1.52. The molecule has 0 aliphatic carbocycles. The van der Waals surface area contributed by atoms with E-state index in [1.807, 2.05) is 6.92 Å². The zero-order valence-electron chi connectivity index (χ0n) is 15.5. The van der Waals surface area contributed by atoms with Crippen molar-refractivity contribution in [3.63, 3.8) is 0 Å². The number of sulfonamides is 1. The van der Waals surface area contributed by atoms with Crippen molar-refractivity contribution >= 4 is 54.6 Å². The smallest absolute Gasteiger partial charge is 0.348 e. The second kappa shape index (κ2) is 8.54. The van der Waals surface area contributed by atoms with E-state index in [0.29, 0.717) is 5.56 Å². The Morgan fingerprint density at radius 2 is 1.87 bits per heavy atom. The molecule has 11 heteroatoms. The average molecular weight is 511 g/mol. The molecule has 0 bridgehead atoms. The van der Waals surface area contributed by atoms with Crippen molar-refractivity contribution < 1.29 is 23.2 Å². The third-order valence-corrected chi connectivity index (χ3v) is 7.87. The Morgan fingerprint density at radius 1 is 1.20 bits per heavy atom. The largest absolute Gasteiger partial charge is 0.477 e. The van der Waals surface area contributed by atoms with Crippen LogP contribution in [-0.4, -0.2) is 24.4 Å². The molecule has 0 amide bonds. The Kier molecular flexibility index (Phi) is 6.25. The van der Waals surface area contributed by atoms with Crippen molar-refractivity contribution in [3.05, 3.63) is 84.5 Å². The van der Waals surface area contributed by atoms with Gasteiger partial charge in [0.05, 0.1) is 22.1 Å². The van der Waals surface area contributed by atoms with E-state index in [2.05, 4.69) is 15.9 Å². The highest BCUT2D eigenvalue weighted by Crippen LogP contribution is 2.35. The summed E-state index contributed by atoms with van der Waals surface area (Å²) in [6.07, 6.45) is 0. The molecule has 0 radical (unpaired) electrons. The van der Waals surface area contributed by atoms with E-state index in [1.165, 1.54) is 35.7 Å². The van der Waals surface area contributed by atoms with Crippen molar-refractivity contribution in [2.24, 2.45) is 0 Å². The van der Waals surface area contributed by atoms with E-state index in [4.69, 9.17) is 0 Å². The minimum atomic E-state index is -4.16. The van der Waals surface area contributed by atoms with Gasteiger partial charge in [-0.05, 0) is 52.0 Å². The fraction of sp³-hybridized carbons (Fsp3) is 0.105. The van der Waals surface area contributed by atoms with E-state index >= 15 is 0 Å². The third kappa shape index (κ3) is 4.23. The maximum Gasteiger partial charge on any atom is 0.348 e. The van der Waals surface area contributed by atoms with Gasteiger partial charge in [0.2, 0.25) is 0 Å². The fourth-order valence-corrected chi connectivity index (χ4v) is 5.56. The first-order valence-corrected chi connectivity index (χ1v) is 11.6. The van der Waals surface area contributed by atoms with E-state index < -0.39 is 20.9 Å². The van der Waals surface area contributed by atoms with Crippen LogP contribution in [0.25, 0.3) is 0 Å². The van der Waals surface area contributed by atoms with Gasteiger partial charge in [-0.3, -0.25) is 14.4 Å². The summed E-state index contributed by atoms with van der Waals surface area (Å²) in [4.78, 5) is 22.2. The van der Waals surface area contributed by atoms with Gasteiger partial charge in [0.25, 0.3) is 15.7 Å². The van der Waals surface area contributed by atoms with Crippen LogP contribution in [0.1, 0.15) is 20.8 Å². The third-order valence-electron chi connectivity index (χ3n) is 4.29. The Hall–Kier alpha value is -2.76. The number of hydrogen-bond donors (Lipinski definition) is 1. The number of carbonyl (C=O) groups is 1. The zero-order valence-corrected chi connectivity index (χ0v) is 18.7. The lowest BCUT2D eigenvalue weighted by atomic mass is 10.2. The van der Waals surface area contributed by atoms with Crippen LogP contribution in [0.5, 0.6) is 0 Å². The highest BCUT2D eigenvalue weighted by atomic mass is 79.9. The molecular formula is C19H15BrN2O6S2. The van der Waals surface area contributed by atoms with Crippen LogP contribution in [0.2, 0.25) is 0 Å². The summed E-state index contributed by atoms with van der Waals surface area (Å²) in [5.41, 5.74) is 0.960. The molecule has 0 atom stereocenters. The molecule has 2 aromatic carbocycles. The van der Waals surface area contributed by atoms with Crippen molar-refractivity contribution in [3.8, 4) is 0 Å². The molecule has 3 aromatic rings. The molecule has 8 nitrogen and oxygen atoms in total. The highest BCUT2D eigenvalue weighted by molar-refractivity contribution is 9.10. The number of aryl methyl sites for hydroxylation is 1. The normalized spacial score (nSPS) is 11.3. The first-order valence-electron chi connectivity index (χ1n) is 8.45. The van der Waals surface area contributed by atoms with Gasteiger partial charge >= 0.3 is 5.97 Å². The van der Waals surface area contributed by atoms with E-state index in [0.717, 1.165) is 21.2 Å². The van der Waals surface area contributed by atoms with Crippen LogP contribution in [-0.2, 0) is 16.6 Å². The summed E-state index contributed by atoms with van der Waals surface area (Å²) in [5, 5.41) is 22.2. The number of thiophene rings is 1. The number of carboxylic acids is 1. The summed E-state index contributed by atoms with van der Waals surface area (Å²) in [5.74, 6) is -1.26. The molecule has 1 heterocycles. The summed E-state index contributed by atoms with van der Waals surface area (Å²) < 4.78 is 28.0. The van der Waals surface area contributed by atoms with E-state index in [9.17, 15) is 28.4 Å². The van der Waals surface area contributed by atoms with Crippen LogP contribution in [0.3, 0.4) is 0 Å². The van der Waals surface area contributed by atoms with Crippen LogP contribution in [0.15, 0.2) is 63.3 Å². The molecule has 0 unspecified atom stereocenters. The number of hydrogen-bond acceptors (Lipinski definition) is 6. The number of benzene rings is 2. The monoisotopic (exact) mass is 510 g/mol. The standard InChI is InChI=1S/C19H15BrN2O6S2/c1-12-5-7-14(8-6-12)30(27,28)21(16-9-10-29-18(16)19(23)24)11-13-3-2-4-15(17(13)20)22(25)26/h2-10H,11H2,1H3,(H,23,24).